The Kier molecular flexibility index (Phi) is 4.65. The first-order valence-electron chi connectivity index (χ1n) is 8.15. The van der Waals surface area contributed by atoms with Gasteiger partial charge in [-0.15, -0.1) is 0 Å². The number of nitrogens with zero attached hydrogens (tertiary/aromatic N) is 1. The lowest BCUT2D eigenvalue weighted by Crippen LogP contribution is -2.20. The second kappa shape index (κ2) is 6.89. The van der Waals surface area contributed by atoms with Gasteiger partial charge >= 0.3 is 0 Å². The second-order valence-electron chi connectivity index (χ2n) is 6.10. The number of anilines is 1. The van der Waals surface area contributed by atoms with Crippen LogP contribution in [0.5, 0.6) is 11.5 Å². The maximum atomic E-state index is 12.9. The number of carbonyl (C=O) groups is 1. The van der Waals surface area contributed by atoms with Crippen molar-refractivity contribution in [1.29, 1.82) is 0 Å². The van der Waals surface area contributed by atoms with Gasteiger partial charge in [-0.25, -0.2) is 0 Å². The standard InChI is InChI=1S/C20H22N2O3/c1-13(10-14-8-9-18(24-2)19(11-14)25-3)20(23)22-12-16(21)15-6-4-5-7-17(15)22/h4-9,11-13H,10,21H2,1-3H3. The van der Waals surface area contributed by atoms with Crippen molar-refractivity contribution in [3.63, 3.8) is 0 Å². The van der Waals surface area contributed by atoms with Crippen molar-refractivity contribution in [2.24, 2.45) is 5.92 Å². The number of rotatable bonds is 5. The van der Waals surface area contributed by atoms with Crippen LogP contribution in [-0.4, -0.2) is 24.7 Å². The van der Waals surface area contributed by atoms with E-state index in [0.29, 0.717) is 23.6 Å². The van der Waals surface area contributed by atoms with Crippen molar-refractivity contribution < 1.29 is 14.3 Å². The predicted molar refractivity (Wildman–Crippen MR) is 99.4 cm³/mol. The highest BCUT2D eigenvalue weighted by Gasteiger charge is 2.19. The Balaban J connectivity index is 1.85. The lowest BCUT2D eigenvalue weighted by Gasteiger charge is -2.14. The molecular formula is C20H22N2O3. The molecule has 1 unspecified atom stereocenters. The monoisotopic (exact) mass is 338 g/mol. The summed E-state index contributed by atoms with van der Waals surface area (Å²) in [5, 5.41) is 0.897. The molecule has 1 atom stereocenters. The first-order valence-corrected chi connectivity index (χ1v) is 8.15. The normalized spacial score (nSPS) is 12.1. The molecule has 0 spiro atoms. The first kappa shape index (κ1) is 16.9. The molecule has 0 radical (unpaired) electrons. The number of hydrogen-bond donors (Lipinski definition) is 1. The molecule has 2 aromatic carbocycles. The Hall–Kier alpha value is -2.95. The number of fused-ring (bicyclic) bond motifs is 1. The number of aromatic nitrogens is 1. The third-order valence-electron chi connectivity index (χ3n) is 4.39. The van der Waals surface area contributed by atoms with Gasteiger partial charge in [0, 0.05) is 17.5 Å². The molecule has 3 rings (SSSR count). The van der Waals surface area contributed by atoms with E-state index in [0.717, 1.165) is 16.5 Å². The Labute approximate surface area is 147 Å². The molecule has 0 aliphatic heterocycles. The Morgan fingerprint density at radius 3 is 2.56 bits per heavy atom. The molecule has 1 heterocycles. The molecule has 0 bridgehead atoms. The SMILES string of the molecule is COc1ccc(CC(C)C(=O)n2cc(N)c3ccccc32)cc1OC. The minimum atomic E-state index is -0.201. The summed E-state index contributed by atoms with van der Waals surface area (Å²) in [6.07, 6.45) is 2.31. The maximum Gasteiger partial charge on any atom is 0.234 e. The van der Waals surface area contributed by atoms with E-state index in [2.05, 4.69) is 0 Å². The predicted octanol–water partition coefficient (Wildman–Crippen LogP) is 3.76. The third kappa shape index (κ3) is 3.18. The zero-order valence-corrected chi connectivity index (χ0v) is 14.7. The summed E-state index contributed by atoms with van der Waals surface area (Å²) in [7, 11) is 3.20. The number of nitrogens with two attached hydrogens (primary N) is 1. The van der Waals surface area contributed by atoms with Crippen LogP contribution in [0, 0.1) is 5.92 Å². The third-order valence-corrected chi connectivity index (χ3v) is 4.39. The summed E-state index contributed by atoms with van der Waals surface area (Å²) in [6.45, 7) is 1.92. The fourth-order valence-electron chi connectivity index (χ4n) is 3.07. The van der Waals surface area contributed by atoms with Gasteiger partial charge in [0.05, 0.1) is 25.4 Å². The summed E-state index contributed by atoms with van der Waals surface area (Å²) in [5.74, 6) is 1.15. The van der Waals surface area contributed by atoms with Crippen LogP contribution < -0.4 is 15.2 Å². The Morgan fingerprint density at radius 1 is 1.12 bits per heavy atom. The highest BCUT2D eigenvalue weighted by molar-refractivity contribution is 5.99. The molecule has 2 N–H and O–H groups in total. The van der Waals surface area contributed by atoms with E-state index in [1.54, 1.807) is 25.0 Å². The van der Waals surface area contributed by atoms with E-state index in [1.807, 2.05) is 49.4 Å². The summed E-state index contributed by atoms with van der Waals surface area (Å²) in [6, 6.07) is 13.4. The highest BCUT2D eigenvalue weighted by atomic mass is 16.5. The maximum absolute atomic E-state index is 12.9. The molecule has 0 amide bonds. The van der Waals surface area contributed by atoms with E-state index in [4.69, 9.17) is 15.2 Å². The van der Waals surface area contributed by atoms with Crippen molar-refractivity contribution in [1.82, 2.24) is 4.57 Å². The van der Waals surface area contributed by atoms with Gasteiger partial charge in [0.1, 0.15) is 0 Å². The van der Waals surface area contributed by atoms with Crippen LogP contribution in [0.2, 0.25) is 0 Å². The van der Waals surface area contributed by atoms with Gasteiger partial charge in [-0.1, -0.05) is 31.2 Å². The van der Waals surface area contributed by atoms with Crippen LogP contribution in [0.3, 0.4) is 0 Å². The minimum Gasteiger partial charge on any atom is -0.493 e. The van der Waals surface area contributed by atoms with E-state index in [9.17, 15) is 4.79 Å². The zero-order valence-electron chi connectivity index (χ0n) is 14.7. The van der Waals surface area contributed by atoms with Crippen molar-refractivity contribution in [3.05, 3.63) is 54.2 Å². The van der Waals surface area contributed by atoms with Crippen molar-refractivity contribution in [2.75, 3.05) is 20.0 Å². The number of nitrogen functional groups attached to an aromatic ring is 1. The fraction of sp³-hybridized carbons (Fsp3) is 0.250. The number of benzene rings is 2. The van der Waals surface area contributed by atoms with E-state index in [-0.39, 0.29) is 11.8 Å². The molecule has 0 saturated carbocycles. The largest absolute Gasteiger partial charge is 0.493 e. The molecule has 130 valence electrons. The second-order valence-corrected chi connectivity index (χ2v) is 6.10. The van der Waals surface area contributed by atoms with Gasteiger partial charge in [0.15, 0.2) is 11.5 Å². The lowest BCUT2D eigenvalue weighted by atomic mass is 10.00. The van der Waals surface area contributed by atoms with Gasteiger partial charge in [-0.3, -0.25) is 9.36 Å². The molecule has 25 heavy (non-hydrogen) atoms. The molecule has 0 fully saturated rings. The van der Waals surface area contributed by atoms with Gasteiger partial charge in [0.25, 0.3) is 0 Å². The molecule has 3 aromatic rings. The van der Waals surface area contributed by atoms with Gasteiger partial charge in [0.2, 0.25) is 5.91 Å². The van der Waals surface area contributed by atoms with Crippen molar-refractivity contribution in [3.8, 4) is 11.5 Å². The average Bonchev–Trinajstić information content (AvgIpc) is 2.98. The Bertz CT molecular complexity index is 914. The number of hydrogen-bond acceptors (Lipinski definition) is 4. The zero-order chi connectivity index (χ0) is 18.0. The number of para-hydroxylation sites is 1. The fourth-order valence-corrected chi connectivity index (χ4v) is 3.07. The summed E-state index contributed by atoms with van der Waals surface area (Å²) in [5.41, 5.74) is 8.50. The molecule has 5 heteroatoms. The van der Waals surface area contributed by atoms with E-state index < -0.39 is 0 Å². The quantitative estimate of drug-likeness (QED) is 0.769. The van der Waals surface area contributed by atoms with Gasteiger partial charge < -0.3 is 15.2 Å². The van der Waals surface area contributed by atoms with Gasteiger partial charge in [-0.2, -0.15) is 0 Å². The van der Waals surface area contributed by atoms with E-state index >= 15 is 0 Å². The number of methoxy groups -OCH3 is 2. The van der Waals surface area contributed by atoms with Crippen LogP contribution in [0.1, 0.15) is 17.3 Å². The topological polar surface area (TPSA) is 66.5 Å². The molecule has 0 aliphatic rings. The summed E-state index contributed by atoms with van der Waals surface area (Å²) >= 11 is 0. The molecule has 0 aliphatic carbocycles. The van der Waals surface area contributed by atoms with Crippen LogP contribution in [0.25, 0.3) is 10.9 Å². The summed E-state index contributed by atoms with van der Waals surface area (Å²) in [4.78, 5) is 12.9. The number of carbonyl (C=O) groups excluding carboxylic acids is 1. The molecular weight excluding hydrogens is 316 g/mol. The highest BCUT2D eigenvalue weighted by Crippen LogP contribution is 2.29. The lowest BCUT2D eigenvalue weighted by molar-refractivity contribution is 0.0850. The van der Waals surface area contributed by atoms with Crippen molar-refractivity contribution in [2.45, 2.75) is 13.3 Å². The Morgan fingerprint density at radius 2 is 1.84 bits per heavy atom. The van der Waals surface area contributed by atoms with Crippen LogP contribution in [-0.2, 0) is 6.42 Å². The van der Waals surface area contributed by atoms with Crippen LogP contribution in [0.4, 0.5) is 5.69 Å². The smallest absolute Gasteiger partial charge is 0.234 e. The van der Waals surface area contributed by atoms with Gasteiger partial charge in [-0.05, 0) is 30.2 Å². The minimum absolute atomic E-state index is 0.0164. The van der Waals surface area contributed by atoms with Crippen LogP contribution in [0.15, 0.2) is 48.7 Å². The number of ether oxygens (including phenoxy) is 2. The molecule has 0 saturated heterocycles. The summed E-state index contributed by atoms with van der Waals surface area (Å²) < 4.78 is 12.2. The molecule has 5 nitrogen and oxygen atoms in total. The van der Waals surface area contributed by atoms with Crippen LogP contribution >= 0.6 is 0 Å². The average molecular weight is 338 g/mol. The van der Waals surface area contributed by atoms with E-state index in [1.165, 1.54) is 0 Å². The first-order chi connectivity index (χ1) is 12.0. The van der Waals surface area contributed by atoms with Crippen molar-refractivity contribution >= 4 is 22.5 Å². The molecule has 1 aromatic heterocycles.